The molecule has 0 aliphatic heterocycles. The van der Waals surface area contributed by atoms with Crippen molar-refractivity contribution in [2.75, 3.05) is 24.7 Å². The van der Waals surface area contributed by atoms with Crippen LogP contribution >= 0.6 is 0 Å². The fourth-order valence-electron chi connectivity index (χ4n) is 2.11. The van der Waals surface area contributed by atoms with Gasteiger partial charge in [0.25, 0.3) is 0 Å². The SMILES string of the molecule is COC(=O)c1cc(NCCc2ccn(C)n2)cc(C)c1N. The van der Waals surface area contributed by atoms with Crippen LogP contribution in [0.3, 0.4) is 0 Å². The molecule has 2 aromatic rings. The summed E-state index contributed by atoms with van der Waals surface area (Å²) in [5.74, 6) is -0.427. The first kappa shape index (κ1) is 14.9. The molecule has 1 heterocycles. The van der Waals surface area contributed by atoms with Crippen molar-refractivity contribution in [2.24, 2.45) is 7.05 Å². The highest BCUT2D eigenvalue weighted by molar-refractivity contribution is 5.97. The highest BCUT2D eigenvalue weighted by Crippen LogP contribution is 2.23. The maximum atomic E-state index is 11.7. The van der Waals surface area contributed by atoms with Crippen molar-refractivity contribution in [3.63, 3.8) is 0 Å². The molecule has 0 aliphatic rings. The number of nitrogen functional groups attached to an aromatic ring is 1. The lowest BCUT2D eigenvalue weighted by molar-refractivity contribution is 0.0602. The largest absolute Gasteiger partial charge is 0.465 e. The number of aromatic nitrogens is 2. The Labute approximate surface area is 123 Å². The van der Waals surface area contributed by atoms with E-state index in [9.17, 15) is 4.79 Å². The standard InChI is InChI=1S/C15H20N4O2/c1-10-8-12(9-13(14(10)16)15(20)21-3)17-6-4-11-5-7-19(2)18-11/h5,7-9,17H,4,6,16H2,1-3H3. The smallest absolute Gasteiger partial charge is 0.340 e. The van der Waals surface area contributed by atoms with Crippen LogP contribution in [0.25, 0.3) is 0 Å². The van der Waals surface area contributed by atoms with Gasteiger partial charge in [0.15, 0.2) is 0 Å². The lowest BCUT2D eigenvalue weighted by atomic mass is 10.1. The molecule has 1 aromatic heterocycles. The summed E-state index contributed by atoms with van der Waals surface area (Å²) in [5, 5.41) is 7.59. The van der Waals surface area contributed by atoms with Crippen LogP contribution in [0.1, 0.15) is 21.6 Å². The minimum absolute atomic E-state index is 0.387. The van der Waals surface area contributed by atoms with E-state index >= 15 is 0 Å². The van der Waals surface area contributed by atoms with E-state index < -0.39 is 5.97 Å². The zero-order chi connectivity index (χ0) is 15.4. The minimum atomic E-state index is -0.427. The number of rotatable bonds is 5. The third kappa shape index (κ3) is 3.53. The number of hydrogen-bond donors (Lipinski definition) is 2. The molecule has 0 amide bonds. The van der Waals surface area contributed by atoms with Crippen LogP contribution in [0.4, 0.5) is 11.4 Å². The van der Waals surface area contributed by atoms with E-state index in [4.69, 9.17) is 10.5 Å². The first-order valence-electron chi connectivity index (χ1n) is 6.72. The van der Waals surface area contributed by atoms with Crippen molar-refractivity contribution in [1.82, 2.24) is 9.78 Å². The molecule has 0 aliphatic carbocycles. The van der Waals surface area contributed by atoms with Crippen LogP contribution in [-0.2, 0) is 18.2 Å². The van der Waals surface area contributed by atoms with Crippen molar-refractivity contribution in [3.05, 3.63) is 41.2 Å². The molecule has 0 fully saturated rings. The summed E-state index contributed by atoms with van der Waals surface area (Å²) in [7, 11) is 3.24. The summed E-state index contributed by atoms with van der Waals surface area (Å²) in [5.41, 5.74) is 9.46. The summed E-state index contributed by atoms with van der Waals surface area (Å²) in [6.07, 6.45) is 2.72. The van der Waals surface area contributed by atoms with E-state index in [0.29, 0.717) is 11.3 Å². The Morgan fingerprint density at radius 1 is 1.48 bits per heavy atom. The third-order valence-corrected chi connectivity index (χ3v) is 3.27. The second kappa shape index (κ2) is 6.30. The maximum Gasteiger partial charge on any atom is 0.340 e. The van der Waals surface area contributed by atoms with Crippen LogP contribution in [0.2, 0.25) is 0 Å². The molecule has 0 atom stereocenters. The Balaban J connectivity index is 2.06. The van der Waals surface area contributed by atoms with Gasteiger partial charge >= 0.3 is 5.97 Å². The van der Waals surface area contributed by atoms with Gasteiger partial charge in [0, 0.05) is 37.6 Å². The molecule has 0 spiro atoms. The number of anilines is 2. The van der Waals surface area contributed by atoms with Gasteiger partial charge in [0.05, 0.1) is 18.4 Å². The molecule has 6 nitrogen and oxygen atoms in total. The van der Waals surface area contributed by atoms with Gasteiger partial charge in [-0.05, 0) is 30.7 Å². The number of carbonyl (C=O) groups excluding carboxylic acids is 1. The first-order chi connectivity index (χ1) is 10.0. The van der Waals surface area contributed by atoms with E-state index in [1.165, 1.54) is 7.11 Å². The van der Waals surface area contributed by atoms with Gasteiger partial charge in [0.1, 0.15) is 0 Å². The molecular formula is C15H20N4O2. The zero-order valence-electron chi connectivity index (χ0n) is 12.5. The van der Waals surface area contributed by atoms with Crippen LogP contribution in [0, 0.1) is 6.92 Å². The number of esters is 1. The van der Waals surface area contributed by atoms with Gasteiger partial charge in [-0.3, -0.25) is 4.68 Å². The molecular weight excluding hydrogens is 268 g/mol. The van der Waals surface area contributed by atoms with E-state index in [1.807, 2.05) is 32.3 Å². The molecule has 6 heteroatoms. The predicted molar refractivity (Wildman–Crippen MR) is 82.3 cm³/mol. The maximum absolute atomic E-state index is 11.7. The summed E-state index contributed by atoms with van der Waals surface area (Å²) in [6.45, 7) is 2.59. The second-order valence-corrected chi connectivity index (χ2v) is 4.90. The topological polar surface area (TPSA) is 82.2 Å². The molecule has 21 heavy (non-hydrogen) atoms. The molecule has 0 saturated heterocycles. The molecule has 0 unspecified atom stereocenters. The zero-order valence-corrected chi connectivity index (χ0v) is 12.5. The van der Waals surface area contributed by atoms with Crippen molar-refractivity contribution < 1.29 is 9.53 Å². The van der Waals surface area contributed by atoms with Gasteiger partial charge in [-0.15, -0.1) is 0 Å². The monoisotopic (exact) mass is 288 g/mol. The molecule has 1 aromatic carbocycles. The number of nitrogens with zero attached hydrogens (tertiary/aromatic N) is 2. The second-order valence-electron chi connectivity index (χ2n) is 4.90. The Hall–Kier alpha value is -2.50. The molecule has 0 radical (unpaired) electrons. The van der Waals surface area contributed by atoms with Gasteiger partial charge in [-0.2, -0.15) is 5.10 Å². The summed E-state index contributed by atoms with van der Waals surface area (Å²) in [4.78, 5) is 11.7. The van der Waals surface area contributed by atoms with E-state index in [-0.39, 0.29) is 0 Å². The van der Waals surface area contributed by atoms with E-state index in [2.05, 4.69) is 10.4 Å². The minimum Gasteiger partial charge on any atom is -0.465 e. The average Bonchev–Trinajstić information content (AvgIpc) is 2.87. The first-order valence-corrected chi connectivity index (χ1v) is 6.72. The highest BCUT2D eigenvalue weighted by Gasteiger charge is 2.13. The van der Waals surface area contributed by atoms with E-state index in [0.717, 1.165) is 29.9 Å². The van der Waals surface area contributed by atoms with Gasteiger partial charge in [-0.1, -0.05) is 0 Å². The number of ether oxygens (including phenoxy) is 1. The van der Waals surface area contributed by atoms with Crippen molar-refractivity contribution in [3.8, 4) is 0 Å². The highest BCUT2D eigenvalue weighted by atomic mass is 16.5. The number of benzene rings is 1. The van der Waals surface area contributed by atoms with Gasteiger partial charge < -0.3 is 15.8 Å². The number of hydrogen-bond acceptors (Lipinski definition) is 5. The Morgan fingerprint density at radius 3 is 2.86 bits per heavy atom. The van der Waals surface area contributed by atoms with Crippen LogP contribution in [-0.4, -0.2) is 29.4 Å². The molecule has 0 saturated carbocycles. The summed E-state index contributed by atoms with van der Waals surface area (Å²) < 4.78 is 6.52. The molecule has 3 N–H and O–H groups in total. The van der Waals surface area contributed by atoms with Crippen LogP contribution in [0.5, 0.6) is 0 Å². The number of aryl methyl sites for hydroxylation is 2. The van der Waals surface area contributed by atoms with Crippen molar-refractivity contribution >= 4 is 17.3 Å². The average molecular weight is 288 g/mol. The number of methoxy groups -OCH3 is 1. The molecule has 2 rings (SSSR count). The Morgan fingerprint density at radius 2 is 2.24 bits per heavy atom. The number of carbonyl (C=O) groups is 1. The summed E-state index contributed by atoms with van der Waals surface area (Å²) >= 11 is 0. The fourth-order valence-corrected chi connectivity index (χ4v) is 2.11. The summed E-state index contributed by atoms with van der Waals surface area (Å²) in [6, 6.07) is 5.61. The van der Waals surface area contributed by atoms with Crippen molar-refractivity contribution in [1.29, 1.82) is 0 Å². The van der Waals surface area contributed by atoms with Crippen LogP contribution in [0.15, 0.2) is 24.4 Å². The lowest BCUT2D eigenvalue weighted by Crippen LogP contribution is -2.10. The van der Waals surface area contributed by atoms with Gasteiger partial charge in [0.2, 0.25) is 0 Å². The van der Waals surface area contributed by atoms with Gasteiger partial charge in [-0.25, -0.2) is 4.79 Å². The Bertz CT molecular complexity index is 649. The predicted octanol–water partition coefficient (Wildman–Crippen LogP) is 1.75. The number of nitrogens with two attached hydrogens (primary N) is 1. The normalized spacial score (nSPS) is 10.4. The third-order valence-electron chi connectivity index (χ3n) is 3.27. The van der Waals surface area contributed by atoms with Crippen molar-refractivity contribution in [2.45, 2.75) is 13.3 Å². The van der Waals surface area contributed by atoms with Crippen LogP contribution < -0.4 is 11.1 Å². The number of nitrogens with one attached hydrogen (secondary N) is 1. The fraction of sp³-hybridized carbons (Fsp3) is 0.333. The van der Waals surface area contributed by atoms with E-state index in [1.54, 1.807) is 10.7 Å². The molecule has 112 valence electrons. The Kier molecular flexibility index (Phi) is 4.47. The lowest BCUT2D eigenvalue weighted by Gasteiger charge is -2.12. The quantitative estimate of drug-likeness (QED) is 0.647. The molecule has 0 bridgehead atoms.